The van der Waals surface area contributed by atoms with Crippen LogP contribution in [-0.4, -0.2) is 237 Å². The number of aliphatic hydroxyl groups excluding tert-OH is 3. The van der Waals surface area contributed by atoms with Crippen LogP contribution in [0.25, 0.3) is 0 Å². The number of carbonyl (C=O) groups is 7. The zero-order chi connectivity index (χ0) is 64.7. The molecule has 0 aromatic rings. The first-order valence-corrected chi connectivity index (χ1v) is 28.9. The van der Waals surface area contributed by atoms with Gasteiger partial charge in [0, 0.05) is 45.2 Å². The summed E-state index contributed by atoms with van der Waals surface area (Å²) in [6.45, 7) is 31.1. The first-order valence-electron chi connectivity index (χ1n) is 28.9. The Hall–Kier alpha value is -5.65. The first kappa shape index (κ1) is 71.8. The molecule has 28 nitrogen and oxygen atoms in total. The summed E-state index contributed by atoms with van der Waals surface area (Å²) in [6.07, 6.45) is -13.8. The number of ether oxygens (including phenoxy) is 9. The van der Waals surface area contributed by atoms with E-state index >= 15 is 0 Å². The summed E-state index contributed by atoms with van der Waals surface area (Å²) in [5, 5.41) is 62.0. The van der Waals surface area contributed by atoms with Gasteiger partial charge < -0.3 is 104 Å². The zero-order valence-electron chi connectivity index (χ0n) is 53.5. The second kappa shape index (κ2) is 28.0. The first-order chi connectivity index (χ1) is 38.6. The van der Waals surface area contributed by atoms with Crippen LogP contribution >= 0.6 is 0 Å². The predicted molar refractivity (Wildman–Crippen MR) is 307 cm³/mol. The molecular weight excluding hydrogens is 1120 g/mol. The summed E-state index contributed by atoms with van der Waals surface area (Å²) in [5.74, 6) is -2.12. The molecule has 3 heterocycles. The molecule has 12 atom stereocenters. The van der Waals surface area contributed by atoms with Gasteiger partial charge in [0.2, 0.25) is 0 Å². The number of likely N-dealkylation sites (N-methyl/N-ethyl adjacent to an activating group) is 1. The van der Waals surface area contributed by atoms with E-state index in [1.807, 2.05) is 0 Å². The number of rotatable bonds is 16. The summed E-state index contributed by atoms with van der Waals surface area (Å²) < 4.78 is 52.8. The van der Waals surface area contributed by atoms with E-state index in [0.29, 0.717) is 5.76 Å². The van der Waals surface area contributed by atoms with Crippen molar-refractivity contribution in [1.29, 1.82) is 0 Å². The molecule has 3 aliphatic heterocycles. The summed E-state index contributed by atoms with van der Waals surface area (Å²) in [7, 11) is 1.30. The van der Waals surface area contributed by atoms with Crippen LogP contribution < -0.4 is 26.6 Å². The van der Waals surface area contributed by atoms with E-state index in [1.54, 1.807) is 131 Å². The normalized spacial score (nSPS) is 27.2. The van der Waals surface area contributed by atoms with Crippen LogP contribution in [0.2, 0.25) is 0 Å². The molecule has 7 amide bonds. The lowest BCUT2D eigenvalue weighted by molar-refractivity contribution is -0.305. The molecule has 1 aliphatic carbocycles. The fourth-order valence-electron chi connectivity index (χ4n) is 9.84. The van der Waals surface area contributed by atoms with E-state index in [9.17, 15) is 54.0 Å². The lowest BCUT2D eigenvalue weighted by Gasteiger charge is -2.52. The van der Waals surface area contributed by atoms with Gasteiger partial charge in [-0.15, -0.1) is 0 Å². The van der Waals surface area contributed by atoms with Crippen LogP contribution in [0.5, 0.6) is 0 Å². The van der Waals surface area contributed by atoms with Gasteiger partial charge in [0.25, 0.3) is 5.91 Å². The number of hydrogen-bond acceptors (Lipinski definition) is 21. The molecule has 9 N–H and O–H groups in total. The van der Waals surface area contributed by atoms with Crippen LogP contribution in [0.3, 0.4) is 0 Å². The second-order valence-corrected chi connectivity index (χ2v) is 28.4. The molecule has 0 aromatic heterocycles. The fourth-order valence-corrected chi connectivity index (χ4v) is 9.84. The monoisotopic (exact) mass is 1220 g/mol. The van der Waals surface area contributed by atoms with E-state index in [-0.39, 0.29) is 45.6 Å². The van der Waals surface area contributed by atoms with Gasteiger partial charge in [-0.1, -0.05) is 0 Å². The summed E-state index contributed by atoms with van der Waals surface area (Å²) in [4.78, 5) is 98.3. The minimum atomic E-state index is -1.93. The highest BCUT2D eigenvalue weighted by Crippen LogP contribution is 2.39. The third-order valence-corrected chi connectivity index (χ3v) is 13.2. The Bertz CT molecular complexity index is 2340. The standard InChI is InChI=1S/C57H100N8O20/c1-51(2,3)80-45(70)59-27-36(66)43(69)60-35-25-34(62-47(72)82-53(7,8)9)37(38(67)41(35)79-44-39(68)42(57(19,76)30-77-44)63(20)48(73)83-54(10,11)12)40-33(61-46(71)81-52(4,5)6)22-21-32(78-40)26-58-23-24-65(50(75)85-56(16,17)18)31-28-64(29-31)49(74)84-55(13,14)15/h21,31,33-42,44,58,66-68,76H,22-30H2,1-20H3,(H,59,70)(H,60,69)(H,61,71)(H,62,72)/t33-,34+,35-,36+,37-,38+,39-,40?,41+,42-,44-,57+/m1/s1. The molecule has 2 saturated heterocycles. The summed E-state index contributed by atoms with van der Waals surface area (Å²) >= 11 is 0. The Morgan fingerprint density at radius 3 is 1.73 bits per heavy atom. The van der Waals surface area contributed by atoms with Gasteiger partial charge in [0.05, 0.1) is 50.0 Å². The van der Waals surface area contributed by atoms with Crippen molar-refractivity contribution in [1.82, 2.24) is 41.3 Å². The Balaban J connectivity index is 1.78. The SMILES string of the molecule is CN(C(=O)OC(C)(C)C)[C@@H]1[C@@H](O)[C@@H](O[C@@H]2[C@@H](O)[C@H](C3OC(CNCCN(C(=O)OC(C)(C)C)C4CN(C(=O)OC(C)(C)C)C4)=CC[C@H]3NC(=O)OC(C)(C)C)[C@@H](NC(=O)OC(C)(C)C)C[C@H]2NC(=O)[C@@H](O)CNC(=O)OC(C)(C)C)OC[C@]1(C)O. The van der Waals surface area contributed by atoms with Gasteiger partial charge in [-0.3, -0.25) is 4.79 Å². The van der Waals surface area contributed by atoms with E-state index in [0.717, 1.165) is 4.90 Å². The van der Waals surface area contributed by atoms with E-state index < -0.39 is 168 Å². The maximum absolute atomic E-state index is 14.0. The van der Waals surface area contributed by atoms with Gasteiger partial charge in [0.1, 0.15) is 69.4 Å². The lowest BCUT2D eigenvalue weighted by Crippen LogP contribution is -2.71. The van der Waals surface area contributed by atoms with Crippen molar-refractivity contribution in [3.05, 3.63) is 11.8 Å². The molecule has 0 aromatic carbocycles. The molecule has 488 valence electrons. The minimum Gasteiger partial charge on any atom is -0.491 e. The van der Waals surface area contributed by atoms with Crippen LogP contribution in [-0.2, 0) is 47.4 Å². The van der Waals surface area contributed by atoms with E-state index in [2.05, 4.69) is 26.6 Å². The fraction of sp³-hybridized carbons (Fsp3) is 0.842. The molecule has 0 spiro atoms. The quantitative estimate of drug-likeness (QED) is 0.0785. The number of likely N-dealkylation sites (tertiary alicyclic amines) is 1. The van der Waals surface area contributed by atoms with Crippen molar-refractivity contribution in [2.75, 3.05) is 52.9 Å². The maximum Gasteiger partial charge on any atom is 0.410 e. The van der Waals surface area contributed by atoms with Crippen LogP contribution in [0.15, 0.2) is 11.8 Å². The molecule has 4 aliphatic rings. The molecule has 0 radical (unpaired) electrons. The molecule has 85 heavy (non-hydrogen) atoms. The Morgan fingerprint density at radius 1 is 0.694 bits per heavy atom. The number of carbonyl (C=O) groups excluding carboxylic acids is 7. The van der Waals surface area contributed by atoms with Gasteiger partial charge in [-0.25, -0.2) is 28.8 Å². The molecule has 4 rings (SSSR count). The zero-order valence-corrected chi connectivity index (χ0v) is 53.5. The van der Waals surface area contributed by atoms with Gasteiger partial charge in [-0.2, -0.15) is 0 Å². The number of alkyl carbamates (subject to hydrolysis) is 3. The summed E-state index contributed by atoms with van der Waals surface area (Å²) in [5.41, 5.74) is -7.39. The molecular formula is C57H100N8O20. The van der Waals surface area contributed by atoms with Gasteiger partial charge in [0.15, 0.2) is 6.29 Å². The third kappa shape index (κ3) is 22.9. The Labute approximate surface area is 500 Å². The Kier molecular flexibility index (Phi) is 23.7. The van der Waals surface area contributed by atoms with E-state index in [1.165, 1.54) is 23.8 Å². The van der Waals surface area contributed by atoms with Crippen molar-refractivity contribution in [3.63, 3.8) is 0 Å². The van der Waals surface area contributed by atoms with Crippen LogP contribution in [0.4, 0.5) is 28.8 Å². The van der Waals surface area contributed by atoms with Crippen molar-refractivity contribution < 1.29 is 96.6 Å². The Morgan fingerprint density at radius 2 is 1.20 bits per heavy atom. The predicted octanol–water partition coefficient (Wildman–Crippen LogP) is 3.73. The van der Waals surface area contributed by atoms with Crippen LogP contribution in [0.1, 0.15) is 144 Å². The molecule has 1 saturated carbocycles. The molecule has 1 unspecified atom stereocenters. The van der Waals surface area contributed by atoms with Crippen LogP contribution in [0, 0.1) is 5.92 Å². The van der Waals surface area contributed by atoms with Crippen molar-refractivity contribution in [3.8, 4) is 0 Å². The van der Waals surface area contributed by atoms with Crippen molar-refractivity contribution in [2.45, 2.75) is 251 Å². The highest BCUT2D eigenvalue weighted by molar-refractivity contribution is 5.82. The van der Waals surface area contributed by atoms with Crippen molar-refractivity contribution in [2.24, 2.45) is 5.92 Å². The average molecular weight is 1220 g/mol. The van der Waals surface area contributed by atoms with E-state index in [4.69, 9.17) is 42.6 Å². The van der Waals surface area contributed by atoms with Crippen molar-refractivity contribution >= 4 is 42.5 Å². The lowest BCUT2D eigenvalue weighted by atomic mass is 9.72. The number of nitrogens with zero attached hydrogens (tertiary/aromatic N) is 3. The third-order valence-electron chi connectivity index (χ3n) is 13.2. The molecule has 3 fully saturated rings. The highest BCUT2D eigenvalue weighted by atomic mass is 16.7. The molecule has 28 heteroatoms. The smallest absolute Gasteiger partial charge is 0.410 e. The minimum absolute atomic E-state index is 0.0158. The highest BCUT2D eigenvalue weighted by Gasteiger charge is 2.57. The number of aliphatic hydroxyl groups is 4. The average Bonchev–Trinajstić information content (AvgIpc) is 3.31. The maximum atomic E-state index is 14.0. The molecule has 0 bridgehead atoms. The van der Waals surface area contributed by atoms with Gasteiger partial charge >= 0.3 is 36.6 Å². The van der Waals surface area contributed by atoms with Gasteiger partial charge in [-0.05, 0) is 150 Å². The number of nitrogens with one attached hydrogen (secondary N) is 5. The largest absolute Gasteiger partial charge is 0.491 e. The second-order valence-electron chi connectivity index (χ2n) is 28.4. The topological polar surface area (TPSA) is 353 Å². The number of hydrogen-bond donors (Lipinski definition) is 9. The number of amides is 7. The summed E-state index contributed by atoms with van der Waals surface area (Å²) in [6, 6.07) is -5.55.